The molecule has 4 nitrogen and oxygen atoms in total. The van der Waals surface area contributed by atoms with E-state index < -0.39 is 0 Å². The molecule has 0 bridgehead atoms. The average Bonchev–Trinajstić information content (AvgIpc) is 2.88. The van der Waals surface area contributed by atoms with E-state index in [2.05, 4.69) is 26.8 Å². The molecule has 0 spiro atoms. The van der Waals surface area contributed by atoms with Crippen molar-refractivity contribution in [3.05, 3.63) is 52.3 Å². The number of ketones is 1. The number of aromatic nitrogens is 2. The molecule has 0 unspecified atom stereocenters. The van der Waals surface area contributed by atoms with E-state index in [0.29, 0.717) is 18.5 Å². The molecule has 0 saturated heterocycles. The summed E-state index contributed by atoms with van der Waals surface area (Å²) in [5.41, 5.74) is 4.31. The summed E-state index contributed by atoms with van der Waals surface area (Å²) in [5, 5.41) is 13.8. The molecule has 4 heteroatoms. The van der Waals surface area contributed by atoms with Gasteiger partial charge in [0.2, 0.25) is 0 Å². The first-order valence-corrected chi connectivity index (χ1v) is 8.02. The molecule has 1 aliphatic carbocycles. The lowest BCUT2D eigenvalue weighted by molar-refractivity contribution is 0.0969. The molecule has 0 saturated carbocycles. The number of carbonyl (C=O) groups excluding carboxylic acids is 1. The lowest BCUT2D eigenvalue weighted by atomic mass is 9.84. The molecule has 0 aliphatic heterocycles. The van der Waals surface area contributed by atoms with Crippen molar-refractivity contribution in [1.29, 1.82) is 5.26 Å². The zero-order valence-corrected chi connectivity index (χ0v) is 13.9. The van der Waals surface area contributed by atoms with Crippen LogP contribution in [0.2, 0.25) is 0 Å². The van der Waals surface area contributed by atoms with Gasteiger partial charge in [-0.1, -0.05) is 32.9 Å². The second-order valence-corrected chi connectivity index (χ2v) is 7.17. The van der Waals surface area contributed by atoms with E-state index in [9.17, 15) is 4.79 Å². The van der Waals surface area contributed by atoms with Crippen molar-refractivity contribution in [3.63, 3.8) is 0 Å². The Morgan fingerprint density at radius 1 is 1.30 bits per heavy atom. The lowest BCUT2D eigenvalue weighted by Crippen LogP contribution is -2.19. The third kappa shape index (κ3) is 2.92. The minimum absolute atomic E-state index is 0.156. The molecule has 0 radical (unpaired) electrons. The minimum atomic E-state index is -0.156. The first-order chi connectivity index (χ1) is 10.9. The maximum atomic E-state index is 12.4. The van der Waals surface area contributed by atoms with Gasteiger partial charge in [-0.2, -0.15) is 10.4 Å². The van der Waals surface area contributed by atoms with Crippen LogP contribution >= 0.6 is 0 Å². The summed E-state index contributed by atoms with van der Waals surface area (Å²) in [5.74, 6) is 0.216. The molecule has 23 heavy (non-hydrogen) atoms. The minimum Gasteiger partial charge on any atom is -0.294 e. The van der Waals surface area contributed by atoms with E-state index in [1.807, 2.05) is 22.9 Å². The number of fused-ring (bicyclic) bond motifs is 1. The second kappa shape index (κ2) is 5.66. The molecule has 118 valence electrons. The molecule has 0 amide bonds. The average molecular weight is 307 g/mol. The first kappa shape index (κ1) is 15.5. The smallest absolute Gasteiger partial charge is 0.166 e. The number of nitriles is 1. The van der Waals surface area contributed by atoms with Crippen LogP contribution in [0, 0.1) is 11.3 Å². The van der Waals surface area contributed by atoms with Crippen molar-refractivity contribution < 1.29 is 4.79 Å². The number of benzene rings is 1. The van der Waals surface area contributed by atoms with Crippen molar-refractivity contribution in [2.75, 3.05) is 0 Å². The van der Waals surface area contributed by atoms with Gasteiger partial charge in [0, 0.05) is 17.5 Å². The van der Waals surface area contributed by atoms with Crippen molar-refractivity contribution in [2.45, 2.75) is 52.0 Å². The van der Waals surface area contributed by atoms with E-state index >= 15 is 0 Å². The molecule has 3 rings (SSSR count). The fourth-order valence-corrected chi connectivity index (χ4v) is 3.15. The van der Waals surface area contributed by atoms with Crippen LogP contribution in [-0.4, -0.2) is 15.6 Å². The summed E-state index contributed by atoms with van der Waals surface area (Å²) in [7, 11) is 0. The van der Waals surface area contributed by atoms with Crippen molar-refractivity contribution in [2.24, 2.45) is 0 Å². The molecular formula is C19H21N3O. The maximum Gasteiger partial charge on any atom is 0.166 e. The zero-order chi connectivity index (χ0) is 16.6. The fourth-order valence-electron chi connectivity index (χ4n) is 3.15. The molecule has 0 atom stereocenters. The maximum absolute atomic E-state index is 12.4. The highest BCUT2D eigenvalue weighted by Crippen LogP contribution is 2.32. The lowest BCUT2D eigenvalue weighted by Gasteiger charge is -2.19. The summed E-state index contributed by atoms with van der Waals surface area (Å²) in [4.78, 5) is 12.4. The Morgan fingerprint density at radius 3 is 2.78 bits per heavy atom. The fraction of sp³-hybridized carbons (Fsp3) is 0.421. The molecule has 0 fully saturated rings. The van der Waals surface area contributed by atoms with Gasteiger partial charge in [0.25, 0.3) is 0 Å². The molecule has 1 aromatic carbocycles. The van der Waals surface area contributed by atoms with Gasteiger partial charge in [0.15, 0.2) is 5.78 Å². The van der Waals surface area contributed by atoms with Gasteiger partial charge in [-0.05, 0) is 30.5 Å². The number of rotatable bonds is 2. The number of nitrogens with zero attached hydrogens (tertiary/aromatic N) is 3. The van der Waals surface area contributed by atoms with Gasteiger partial charge in [0.1, 0.15) is 0 Å². The molecule has 2 aromatic rings. The Balaban J connectivity index is 2.06. The zero-order valence-electron chi connectivity index (χ0n) is 13.9. The van der Waals surface area contributed by atoms with Crippen molar-refractivity contribution in [3.8, 4) is 6.07 Å². The largest absolute Gasteiger partial charge is 0.294 e. The number of carbonyl (C=O) groups is 1. The summed E-state index contributed by atoms with van der Waals surface area (Å²) >= 11 is 0. The summed E-state index contributed by atoms with van der Waals surface area (Å²) < 4.78 is 1.96. The van der Waals surface area contributed by atoms with Crippen LogP contribution in [0.3, 0.4) is 0 Å². The summed E-state index contributed by atoms with van der Waals surface area (Å²) in [6.45, 7) is 6.88. The first-order valence-electron chi connectivity index (χ1n) is 8.02. The van der Waals surface area contributed by atoms with E-state index in [-0.39, 0.29) is 11.2 Å². The predicted molar refractivity (Wildman–Crippen MR) is 88.5 cm³/mol. The van der Waals surface area contributed by atoms with Crippen LogP contribution in [0.25, 0.3) is 0 Å². The van der Waals surface area contributed by atoms with Gasteiger partial charge >= 0.3 is 0 Å². The number of hydrogen-bond donors (Lipinski definition) is 0. The third-order valence-electron chi connectivity index (χ3n) is 4.25. The second-order valence-electron chi connectivity index (χ2n) is 7.17. The Morgan fingerprint density at radius 2 is 2.09 bits per heavy atom. The molecule has 1 aromatic heterocycles. The summed E-state index contributed by atoms with van der Waals surface area (Å²) in [6, 6.07) is 9.74. The standard InChI is InChI=1S/C19H21N3O/c1-19(2,3)18-17-15(8-5-9-16(17)23)22(21-18)12-14-7-4-6-13(10-14)11-20/h4,6-7,10H,5,8-9,12H2,1-3H3. The Bertz CT molecular complexity index is 803. The molecule has 0 N–H and O–H groups in total. The van der Waals surface area contributed by atoms with E-state index in [1.54, 1.807) is 6.07 Å². The van der Waals surface area contributed by atoms with E-state index in [4.69, 9.17) is 10.4 Å². The van der Waals surface area contributed by atoms with Crippen LogP contribution in [-0.2, 0) is 18.4 Å². The Labute approximate surface area is 136 Å². The highest BCUT2D eigenvalue weighted by Gasteiger charge is 2.32. The SMILES string of the molecule is CC(C)(C)c1nn(Cc2cccc(C#N)c2)c2c1C(=O)CCC2. The van der Waals surface area contributed by atoms with Gasteiger partial charge in [-0.15, -0.1) is 0 Å². The van der Waals surface area contributed by atoms with Crippen molar-refractivity contribution >= 4 is 5.78 Å². The van der Waals surface area contributed by atoms with Gasteiger partial charge in [-0.3, -0.25) is 9.48 Å². The van der Waals surface area contributed by atoms with Gasteiger partial charge < -0.3 is 0 Å². The van der Waals surface area contributed by atoms with Gasteiger partial charge in [0.05, 0.1) is 29.4 Å². The third-order valence-corrected chi connectivity index (χ3v) is 4.25. The van der Waals surface area contributed by atoms with Crippen LogP contribution < -0.4 is 0 Å². The predicted octanol–water partition coefficient (Wildman–Crippen LogP) is 3.62. The summed E-state index contributed by atoms with van der Waals surface area (Å²) in [6.07, 6.45) is 2.40. The molecule has 1 heterocycles. The topological polar surface area (TPSA) is 58.7 Å². The number of Topliss-reactive ketones (excluding diaryl/α,β-unsaturated/α-hetero) is 1. The highest BCUT2D eigenvalue weighted by molar-refractivity contribution is 5.99. The number of hydrogen-bond acceptors (Lipinski definition) is 3. The Hall–Kier alpha value is -2.41. The quantitative estimate of drug-likeness (QED) is 0.851. The molecule has 1 aliphatic rings. The van der Waals surface area contributed by atoms with Crippen LogP contribution in [0.4, 0.5) is 0 Å². The van der Waals surface area contributed by atoms with Crippen LogP contribution in [0.5, 0.6) is 0 Å². The van der Waals surface area contributed by atoms with Crippen LogP contribution in [0.1, 0.15) is 66.5 Å². The molecular weight excluding hydrogens is 286 g/mol. The van der Waals surface area contributed by atoms with Crippen molar-refractivity contribution in [1.82, 2.24) is 9.78 Å². The monoisotopic (exact) mass is 307 g/mol. The normalized spacial score (nSPS) is 14.4. The Kier molecular flexibility index (Phi) is 3.81. The van der Waals surface area contributed by atoms with E-state index in [1.165, 1.54) is 0 Å². The van der Waals surface area contributed by atoms with E-state index in [0.717, 1.165) is 35.4 Å². The van der Waals surface area contributed by atoms with Gasteiger partial charge in [-0.25, -0.2) is 0 Å². The highest BCUT2D eigenvalue weighted by atomic mass is 16.1. The van der Waals surface area contributed by atoms with Crippen LogP contribution in [0.15, 0.2) is 24.3 Å².